The summed E-state index contributed by atoms with van der Waals surface area (Å²) in [7, 11) is 1.87. The van der Waals surface area contributed by atoms with Crippen LogP contribution in [0.15, 0.2) is 48.7 Å². The van der Waals surface area contributed by atoms with Crippen molar-refractivity contribution in [3.05, 3.63) is 60.0 Å². The monoisotopic (exact) mass is 353 g/mol. The van der Waals surface area contributed by atoms with Gasteiger partial charge in [0.1, 0.15) is 0 Å². The maximum atomic E-state index is 12.5. The maximum Gasteiger partial charge on any atom is 0.263 e. The van der Waals surface area contributed by atoms with E-state index in [1.54, 1.807) is 35.5 Å². The third kappa shape index (κ3) is 3.93. The number of aryl methyl sites for hydroxylation is 2. The molecule has 1 aromatic carbocycles. The Morgan fingerprint density at radius 1 is 1.19 bits per heavy atom. The summed E-state index contributed by atoms with van der Waals surface area (Å²) in [5.74, 6) is 0.165. The second kappa shape index (κ2) is 7.03. The van der Waals surface area contributed by atoms with Crippen molar-refractivity contribution in [2.24, 2.45) is 7.05 Å². The molecule has 0 radical (unpaired) electrons. The average molecular weight is 353 g/mol. The average Bonchev–Trinajstić information content (AvgIpc) is 3.20. The molecule has 0 spiro atoms. The number of hydrogen-bond acceptors (Lipinski definition) is 4. The van der Waals surface area contributed by atoms with Gasteiger partial charge in [-0.1, -0.05) is 18.2 Å². The summed E-state index contributed by atoms with van der Waals surface area (Å²) < 4.78 is 9.30. The molecule has 7 heteroatoms. The van der Waals surface area contributed by atoms with Crippen LogP contribution in [-0.2, 0) is 18.4 Å². The molecule has 0 unspecified atom stereocenters. The third-order valence-electron chi connectivity index (χ3n) is 4.09. The third-order valence-corrected chi connectivity index (χ3v) is 4.09. The predicted octanol–water partition coefficient (Wildman–Crippen LogP) is 2.39. The van der Waals surface area contributed by atoms with Crippen molar-refractivity contribution in [2.75, 3.05) is 0 Å². The first-order chi connectivity index (χ1) is 12.3. The van der Waals surface area contributed by atoms with Crippen molar-refractivity contribution in [3.8, 4) is 11.6 Å². The lowest BCUT2D eigenvalue weighted by molar-refractivity contribution is -0.134. The van der Waals surface area contributed by atoms with Crippen LogP contribution in [0.25, 0.3) is 5.69 Å². The Bertz CT molecular complexity index is 876. The zero-order valence-corrected chi connectivity index (χ0v) is 15.4. The van der Waals surface area contributed by atoms with Gasteiger partial charge in [-0.05, 0) is 39.0 Å². The molecule has 2 aromatic heterocycles. The van der Waals surface area contributed by atoms with Gasteiger partial charge < -0.3 is 10.1 Å². The first kappa shape index (κ1) is 17.7. The molecule has 0 atom stereocenters. The Labute approximate surface area is 152 Å². The number of ether oxygens (including phenoxy) is 1. The van der Waals surface area contributed by atoms with Gasteiger partial charge in [0.05, 0.1) is 17.9 Å². The van der Waals surface area contributed by atoms with E-state index in [2.05, 4.69) is 15.5 Å². The molecule has 0 aliphatic carbocycles. The largest absolute Gasteiger partial charge is 0.460 e. The summed E-state index contributed by atoms with van der Waals surface area (Å²) in [5, 5.41) is 11.6. The predicted molar refractivity (Wildman–Crippen MR) is 98.1 cm³/mol. The van der Waals surface area contributed by atoms with Crippen LogP contribution in [0.4, 0.5) is 0 Å². The summed E-state index contributed by atoms with van der Waals surface area (Å²) in [4.78, 5) is 12.5. The van der Waals surface area contributed by atoms with Crippen LogP contribution >= 0.6 is 0 Å². The van der Waals surface area contributed by atoms with Gasteiger partial charge >= 0.3 is 0 Å². The maximum absolute atomic E-state index is 12.5. The molecule has 0 aliphatic heterocycles. The summed E-state index contributed by atoms with van der Waals surface area (Å²) in [6.07, 6.45) is 1.80. The fourth-order valence-corrected chi connectivity index (χ4v) is 2.50. The highest BCUT2D eigenvalue weighted by Crippen LogP contribution is 2.18. The van der Waals surface area contributed by atoms with Gasteiger partial charge in [-0.15, -0.1) is 5.10 Å². The number of carbonyl (C=O) groups is 1. The van der Waals surface area contributed by atoms with Crippen molar-refractivity contribution in [2.45, 2.75) is 32.9 Å². The molecule has 26 heavy (non-hydrogen) atoms. The number of carbonyl (C=O) groups excluding carboxylic acids is 1. The molecular weight excluding hydrogens is 330 g/mol. The number of hydrogen-bond donors (Lipinski definition) is 1. The fourth-order valence-electron chi connectivity index (χ4n) is 2.50. The van der Waals surface area contributed by atoms with Gasteiger partial charge in [0.2, 0.25) is 5.88 Å². The van der Waals surface area contributed by atoms with Gasteiger partial charge in [0, 0.05) is 25.0 Å². The molecular formula is C19H23N5O2. The van der Waals surface area contributed by atoms with Crippen LogP contribution in [-0.4, -0.2) is 31.1 Å². The second-order valence-corrected chi connectivity index (χ2v) is 6.63. The van der Waals surface area contributed by atoms with E-state index in [-0.39, 0.29) is 5.91 Å². The lowest BCUT2D eigenvalue weighted by atomic mass is 10.1. The first-order valence-electron chi connectivity index (χ1n) is 8.43. The van der Waals surface area contributed by atoms with E-state index in [4.69, 9.17) is 4.74 Å². The lowest BCUT2D eigenvalue weighted by Crippen LogP contribution is -2.46. The SMILES string of the molecule is Cc1cc(CNC(=O)C(C)(C)Oc2ccn(-c3ccccc3)n2)nn1C. The first-order valence-corrected chi connectivity index (χ1v) is 8.43. The molecule has 7 nitrogen and oxygen atoms in total. The number of nitrogens with one attached hydrogen (secondary N) is 1. The topological polar surface area (TPSA) is 74.0 Å². The van der Waals surface area contributed by atoms with Crippen LogP contribution in [0.3, 0.4) is 0 Å². The molecule has 2 heterocycles. The smallest absolute Gasteiger partial charge is 0.263 e. The van der Waals surface area contributed by atoms with E-state index in [0.717, 1.165) is 17.1 Å². The minimum absolute atomic E-state index is 0.227. The molecule has 0 saturated carbocycles. The molecule has 0 saturated heterocycles. The minimum atomic E-state index is -1.06. The van der Waals surface area contributed by atoms with Crippen molar-refractivity contribution < 1.29 is 9.53 Å². The molecule has 0 aliphatic rings. The van der Waals surface area contributed by atoms with Crippen LogP contribution in [0.2, 0.25) is 0 Å². The Morgan fingerprint density at radius 3 is 2.58 bits per heavy atom. The minimum Gasteiger partial charge on any atom is -0.460 e. The van der Waals surface area contributed by atoms with Gasteiger partial charge in [-0.2, -0.15) is 5.10 Å². The highest BCUT2D eigenvalue weighted by atomic mass is 16.5. The van der Waals surface area contributed by atoms with E-state index in [1.165, 1.54) is 0 Å². The number of para-hydroxylation sites is 1. The molecule has 1 amide bonds. The molecule has 1 N–H and O–H groups in total. The normalized spacial score (nSPS) is 11.4. The van der Waals surface area contributed by atoms with E-state index in [1.807, 2.05) is 50.4 Å². The Morgan fingerprint density at radius 2 is 1.92 bits per heavy atom. The van der Waals surface area contributed by atoms with Gasteiger partial charge in [-0.3, -0.25) is 9.48 Å². The van der Waals surface area contributed by atoms with E-state index >= 15 is 0 Å². The lowest BCUT2D eigenvalue weighted by Gasteiger charge is -2.23. The number of nitrogens with zero attached hydrogens (tertiary/aromatic N) is 4. The number of rotatable bonds is 6. The molecule has 136 valence electrons. The van der Waals surface area contributed by atoms with Crippen molar-refractivity contribution >= 4 is 5.91 Å². The zero-order chi connectivity index (χ0) is 18.7. The van der Waals surface area contributed by atoms with Gasteiger partial charge in [0.25, 0.3) is 5.91 Å². The Kier molecular flexibility index (Phi) is 4.79. The highest BCUT2D eigenvalue weighted by Gasteiger charge is 2.30. The van der Waals surface area contributed by atoms with Crippen LogP contribution in [0.1, 0.15) is 25.2 Å². The number of amides is 1. The standard InChI is InChI=1S/C19H23N5O2/c1-14-12-15(21-23(14)4)13-20-18(25)19(2,3)26-17-10-11-24(22-17)16-8-6-5-7-9-16/h5-12H,13H2,1-4H3,(H,20,25). The van der Waals surface area contributed by atoms with Crippen LogP contribution in [0.5, 0.6) is 5.88 Å². The zero-order valence-electron chi connectivity index (χ0n) is 15.4. The summed E-state index contributed by atoms with van der Waals surface area (Å²) in [5.41, 5.74) is 1.72. The van der Waals surface area contributed by atoms with Gasteiger partial charge in [0.15, 0.2) is 5.60 Å². The van der Waals surface area contributed by atoms with Crippen LogP contribution < -0.4 is 10.1 Å². The van der Waals surface area contributed by atoms with Crippen molar-refractivity contribution in [1.29, 1.82) is 0 Å². The van der Waals surface area contributed by atoms with Gasteiger partial charge in [-0.25, -0.2) is 4.68 Å². The molecule has 3 aromatic rings. The summed E-state index contributed by atoms with van der Waals surface area (Å²) in [6.45, 7) is 5.75. The molecule has 3 rings (SSSR count). The number of aromatic nitrogens is 4. The summed E-state index contributed by atoms with van der Waals surface area (Å²) in [6, 6.07) is 13.4. The van der Waals surface area contributed by atoms with Crippen LogP contribution in [0, 0.1) is 6.92 Å². The summed E-state index contributed by atoms with van der Waals surface area (Å²) >= 11 is 0. The molecule has 0 bridgehead atoms. The van der Waals surface area contributed by atoms with E-state index in [9.17, 15) is 4.79 Å². The van der Waals surface area contributed by atoms with Crippen molar-refractivity contribution in [1.82, 2.24) is 24.9 Å². The van der Waals surface area contributed by atoms with E-state index < -0.39 is 5.60 Å². The second-order valence-electron chi connectivity index (χ2n) is 6.63. The molecule has 0 fully saturated rings. The Balaban J connectivity index is 1.62. The van der Waals surface area contributed by atoms with E-state index in [0.29, 0.717) is 12.4 Å². The van der Waals surface area contributed by atoms with Crippen molar-refractivity contribution in [3.63, 3.8) is 0 Å². The quantitative estimate of drug-likeness (QED) is 0.738. The fraction of sp³-hybridized carbons (Fsp3) is 0.316. The highest BCUT2D eigenvalue weighted by molar-refractivity contribution is 5.84. The Hall–Kier alpha value is -3.09. The number of benzene rings is 1.